The van der Waals surface area contributed by atoms with E-state index in [1.165, 1.54) is 17.0 Å². The summed E-state index contributed by atoms with van der Waals surface area (Å²) in [6.07, 6.45) is 0. The quantitative estimate of drug-likeness (QED) is 0.388. The second-order valence-corrected chi connectivity index (χ2v) is 11.2. The van der Waals surface area contributed by atoms with Crippen LogP contribution in [0.5, 0.6) is 0 Å². The van der Waals surface area contributed by atoms with Crippen molar-refractivity contribution in [3.63, 3.8) is 0 Å². The lowest BCUT2D eigenvalue weighted by atomic mass is 10.1. The predicted octanol–water partition coefficient (Wildman–Crippen LogP) is 4.51. The van der Waals surface area contributed by atoms with Gasteiger partial charge in [-0.15, -0.1) is 0 Å². The maximum atomic E-state index is 13.7. The Morgan fingerprint density at radius 1 is 0.972 bits per heavy atom. The molecule has 3 aromatic carbocycles. The number of hydrogen-bond donors (Lipinski definition) is 1. The number of amides is 2. The summed E-state index contributed by atoms with van der Waals surface area (Å²) < 4.78 is 29.3. The summed E-state index contributed by atoms with van der Waals surface area (Å²) in [7, 11) is -4.06. The molecule has 0 aliphatic carbocycles. The lowest BCUT2D eigenvalue weighted by Gasteiger charge is -2.32. The molecule has 0 aromatic heterocycles. The van der Waals surface area contributed by atoms with Crippen LogP contribution in [0.25, 0.3) is 0 Å². The summed E-state index contributed by atoms with van der Waals surface area (Å²) in [4.78, 5) is 27.9. The number of nitrogens with one attached hydrogen (secondary N) is 1. The van der Waals surface area contributed by atoms with E-state index in [1.54, 1.807) is 56.3 Å². The molecule has 0 radical (unpaired) electrons. The summed E-state index contributed by atoms with van der Waals surface area (Å²) in [6, 6.07) is 21.6. The zero-order chi connectivity index (χ0) is 26.3. The van der Waals surface area contributed by atoms with Crippen molar-refractivity contribution in [2.45, 2.75) is 38.3 Å². The molecule has 0 saturated heterocycles. The number of aryl methyl sites for hydroxylation is 1. The summed E-state index contributed by atoms with van der Waals surface area (Å²) in [5, 5.41) is 2.75. The highest BCUT2D eigenvalue weighted by molar-refractivity contribution is 9.10. The van der Waals surface area contributed by atoms with Gasteiger partial charge in [0, 0.05) is 17.6 Å². The van der Waals surface area contributed by atoms with Gasteiger partial charge in [0.2, 0.25) is 11.8 Å². The van der Waals surface area contributed by atoms with Gasteiger partial charge in [0.05, 0.1) is 10.6 Å². The Kier molecular flexibility index (Phi) is 9.28. The minimum Gasteiger partial charge on any atom is -0.355 e. The van der Waals surface area contributed by atoms with Gasteiger partial charge < -0.3 is 10.2 Å². The fraction of sp³-hybridized carbons (Fsp3) is 0.259. The number of carbonyl (C=O) groups excluding carboxylic acids is 2. The van der Waals surface area contributed by atoms with Crippen molar-refractivity contribution >= 4 is 43.5 Å². The lowest BCUT2D eigenvalue weighted by Crippen LogP contribution is -2.51. The number of rotatable bonds is 10. The molecule has 3 rings (SSSR count). The van der Waals surface area contributed by atoms with Gasteiger partial charge in [-0.2, -0.15) is 0 Å². The van der Waals surface area contributed by atoms with Gasteiger partial charge >= 0.3 is 0 Å². The first kappa shape index (κ1) is 27.4. The van der Waals surface area contributed by atoms with Crippen molar-refractivity contribution in [1.29, 1.82) is 0 Å². The molecular weight excluding hydrogens is 542 g/mol. The topological polar surface area (TPSA) is 86.8 Å². The molecule has 0 saturated carbocycles. The maximum absolute atomic E-state index is 13.7. The molecule has 190 valence electrons. The predicted molar refractivity (Wildman–Crippen MR) is 145 cm³/mol. The normalized spacial score (nSPS) is 12.0. The zero-order valence-electron chi connectivity index (χ0n) is 20.5. The number of halogens is 1. The van der Waals surface area contributed by atoms with E-state index in [1.807, 2.05) is 31.2 Å². The first-order valence-electron chi connectivity index (χ1n) is 11.6. The van der Waals surface area contributed by atoms with Crippen LogP contribution in [-0.2, 0) is 26.2 Å². The molecule has 0 fully saturated rings. The van der Waals surface area contributed by atoms with Crippen LogP contribution < -0.4 is 9.62 Å². The smallest absolute Gasteiger partial charge is 0.264 e. The Labute approximate surface area is 221 Å². The number of likely N-dealkylation sites (N-methyl/N-ethyl adjacent to an activating group) is 1. The average molecular weight is 573 g/mol. The number of carbonyl (C=O) groups is 2. The van der Waals surface area contributed by atoms with E-state index in [2.05, 4.69) is 21.2 Å². The first-order chi connectivity index (χ1) is 17.1. The van der Waals surface area contributed by atoms with Crippen molar-refractivity contribution in [3.8, 4) is 0 Å². The van der Waals surface area contributed by atoms with Crippen molar-refractivity contribution in [1.82, 2.24) is 10.2 Å². The Morgan fingerprint density at radius 2 is 1.64 bits per heavy atom. The zero-order valence-corrected chi connectivity index (χ0v) is 22.9. The molecule has 2 amide bonds. The minimum atomic E-state index is -4.06. The number of para-hydroxylation sites is 1. The highest BCUT2D eigenvalue weighted by Crippen LogP contribution is 2.25. The monoisotopic (exact) mass is 571 g/mol. The van der Waals surface area contributed by atoms with E-state index in [0.717, 1.165) is 19.9 Å². The van der Waals surface area contributed by atoms with Crippen molar-refractivity contribution < 1.29 is 18.0 Å². The van der Waals surface area contributed by atoms with Gasteiger partial charge in [-0.3, -0.25) is 13.9 Å². The molecule has 7 nitrogen and oxygen atoms in total. The van der Waals surface area contributed by atoms with Crippen LogP contribution in [0.4, 0.5) is 5.69 Å². The fourth-order valence-corrected chi connectivity index (χ4v) is 5.56. The highest BCUT2D eigenvalue weighted by Gasteiger charge is 2.32. The van der Waals surface area contributed by atoms with Gasteiger partial charge in [-0.1, -0.05) is 64.0 Å². The number of sulfonamides is 1. The van der Waals surface area contributed by atoms with Crippen LogP contribution >= 0.6 is 15.9 Å². The summed E-state index contributed by atoms with van der Waals surface area (Å²) >= 11 is 3.44. The third-order valence-electron chi connectivity index (χ3n) is 5.69. The van der Waals surface area contributed by atoms with Crippen LogP contribution in [0, 0.1) is 6.92 Å². The first-order valence-corrected chi connectivity index (χ1v) is 13.8. The molecule has 0 spiro atoms. The van der Waals surface area contributed by atoms with Crippen molar-refractivity contribution in [2.75, 3.05) is 17.4 Å². The van der Waals surface area contributed by atoms with E-state index in [-0.39, 0.29) is 17.3 Å². The van der Waals surface area contributed by atoms with Gasteiger partial charge in [0.1, 0.15) is 12.6 Å². The average Bonchev–Trinajstić information content (AvgIpc) is 2.86. The number of nitrogens with zero attached hydrogens (tertiary/aromatic N) is 2. The second kappa shape index (κ2) is 12.2. The Morgan fingerprint density at radius 3 is 2.25 bits per heavy atom. The van der Waals surface area contributed by atoms with Crippen LogP contribution in [0.1, 0.15) is 25.0 Å². The molecule has 9 heteroatoms. The second-order valence-electron chi connectivity index (χ2n) is 8.38. The van der Waals surface area contributed by atoms with Gasteiger partial charge in [-0.25, -0.2) is 8.42 Å². The third kappa shape index (κ3) is 6.73. The van der Waals surface area contributed by atoms with E-state index in [4.69, 9.17) is 0 Å². The Balaban J connectivity index is 2.00. The maximum Gasteiger partial charge on any atom is 0.264 e. The molecule has 0 aliphatic heterocycles. The summed E-state index contributed by atoms with van der Waals surface area (Å²) in [6.45, 7) is 5.41. The molecule has 0 heterocycles. The molecular formula is C27H30BrN3O4S. The van der Waals surface area contributed by atoms with E-state index < -0.39 is 28.5 Å². The van der Waals surface area contributed by atoms with Gasteiger partial charge in [-0.05, 0) is 62.7 Å². The van der Waals surface area contributed by atoms with Crippen molar-refractivity contribution in [3.05, 3.63) is 94.5 Å². The largest absolute Gasteiger partial charge is 0.355 e. The molecule has 0 unspecified atom stereocenters. The Bertz CT molecular complexity index is 1300. The molecule has 0 aliphatic rings. The van der Waals surface area contributed by atoms with Crippen LogP contribution in [0.3, 0.4) is 0 Å². The standard InChI is InChI=1S/C27H30BrN3O4S/c1-4-29-27(33)21(3)30(18-22-9-8-10-23(28)17-22)26(32)19-31(24-11-6-5-7-12-24)36(34,35)25-15-13-20(2)14-16-25/h5-17,21H,4,18-19H2,1-3H3,(H,29,33)/t21-/m1/s1. The van der Waals surface area contributed by atoms with Gasteiger partial charge in [0.25, 0.3) is 10.0 Å². The molecule has 1 N–H and O–H groups in total. The molecule has 1 atom stereocenters. The van der Waals surface area contributed by atoms with Crippen molar-refractivity contribution in [2.24, 2.45) is 0 Å². The highest BCUT2D eigenvalue weighted by atomic mass is 79.9. The van der Waals surface area contributed by atoms with Crippen LogP contribution in [0.15, 0.2) is 88.2 Å². The fourth-order valence-electron chi connectivity index (χ4n) is 3.70. The van der Waals surface area contributed by atoms with E-state index in [9.17, 15) is 18.0 Å². The van der Waals surface area contributed by atoms with E-state index in [0.29, 0.717) is 12.2 Å². The van der Waals surface area contributed by atoms with Crippen LogP contribution in [0.2, 0.25) is 0 Å². The van der Waals surface area contributed by atoms with E-state index >= 15 is 0 Å². The molecule has 0 bridgehead atoms. The lowest BCUT2D eigenvalue weighted by molar-refractivity contribution is -0.139. The van der Waals surface area contributed by atoms with Crippen LogP contribution in [-0.4, -0.2) is 44.3 Å². The number of benzene rings is 3. The summed E-state index contributed by atoms with van der Waals surface area (Å²) in [5.41, 5.74) is 2.09. The third-order valence-corrected chi connectivity index (χ3v) is 7.97. The van der Waals surface area contributed by atoms with Gasteiger partial charge in [0.15, 0.2) is 0 Å². The number of hydrogen-bond acceptors (Lipinski definition) is 4. The summed E-state index contributed by atoms with van der Waals surface area (Å²) in [5.74, 6) is -0.804. The molecule has 36 heavy (non-hydrogen) atoms. The minimum absolute atomic E-state index is 0.0834. The Hall–Kier alpha value is -3.17. The SMILES string of the molecule is CCNC(=O)[C@@H](C)N(Cc1cccc(Br)c1)C(=O)CN(c1ccccc1)S(=O)(=O)c1ccc(C)cc1. The molecule has 3 aromatic rings. The number of anilines is 1.